The molecule has 0 bridgehead atoms. The van der Waals surface area contributed by atoms with Gasteiger partial charge in [0.25, 0.3) is 0 Å². The molecule has 0 atom stereocenters. The second-order valence-electron chi connectivity index (χ2n) is 7.79. The molecule has 0 radical (unpaired) electrons. The van der Waals surface area contributed by atoms with Crippen molar-refractivity contribution in [3.8, 4) is 11.3 Å². The van der Waals surface area contributed by atoms with Gasteiger partial charge in [-0.1, -0.05) is 26.8 Å². The van der Waals surface area contributed by atoms with Gasteiger partial charge in [-0.2, -0.15) is 0 Å². The smallest absolute Gasteiger partial charge is 0.227 e. The summed E-state index contributed by atoms with van der Waals surface area (Å²) in [5.74, 6) is 0.432. The minimum Gasteiger partial charge on any atom is -0.296 e. The quantitative estimate of drug-likeness (QED) is 0.755. The van der Waals surface area contributed by atoms with Crippen molar-refractivity contribution < 1.29 is 4.79 Å². The van der Waals surface area contributed by atoms with Crippen LogP contribution in [0, 0.1) is 5.41 Å². The van der Waals surface area contributed by atoms with Crippen LogP contribution in [0.25, 0.3) is 28.1 Å². The summed E-state index contributed by atoms with van der Waals surface area (Å²) in [7, 11) is 0. The topological polar surface area (TPSA) is 72.7 Å². The fraction of sp³-hybridized carbons (Fsp3) is 0.238. The molecule has 27 heavy (non-hydrogen) atoms. The SMILES string of the molecule is CC(C)(C)CC(=O)Nc1nc2ccc(-c3cccnc3)nc2n1C1=CC=C1. The maximum atomic E-state index is 12.4. The van der Waals surface area contributed by atoms with Crippen LogP contribution in [0.5, 0.6) is 0 Å². The Hall–Kier alpha value is -3.28. The number of hydrogen-bond acceptors (Lipinski definition) is 4. The van der Waals surface area contributed by atoms with Crippen molar-refractivity contribution in [3.63, 3.8) is 0 Å². The van der Waals surface area contributed by atoms with Crippen molar-refractivity contribution >= 4 is 28.7 Å². The monoisotopic (exact) mass is 359 g/mol. The van der Waals surface area contributed by atoms with Crippen molar-refractivity contribution in [1.82, 2.24) is 19.5 Å². The minimum absolute atomic E-state index is 0.0598. The van der Waals surface area contributed by atoms with Crippen LogP contribution in [-0.4, -0.2) is 25.4 Å². The first-order valence-corrected chi connectivity index (χ1v) is 8.89. The highest BCUT2D eigenvalue weighted by Gasteiger charge is 2.21. The molecule has 0 spiro atoms. The summed E-state index contributed by atoms with van der Waals surface area (Å²) >= 11 is 0. The lowest BCUT2D eigenvalue weighted by molar-refractivity contribution is -0.117. The molecule has 0 saturated carbocycles. The number of rotatable bonds is 4. The van der Waals surface area contributed by atoms with Crippen molar-refractivity contribution in [1.29, 1.82) is 0 Å². The lowest BCUT2D eigenvalue weighted by Gasteiger charge is -2.18. The van der Waals surface area contributed by atoms with Crippen LogP contribution in [-0.2, 0) is 4.79 Å². The summed E-state index contributed by atoms with van der Waals surface area (Å²) in [4.78, 5) is 26.0. The third kappa shape index (κ3) is 3.51. The molecule has 0 aliphatic heterocycles. The van der Waals surface area contributed by atoms with Crippen molar-refractivity contribution in [3.05, 3.63) is 54.9 Å². The molecule has 0 fully saturated rings. The Morgan fingerprint density at radius 3 is 2.63 bits per heavy atom. The number of fused-ring (bicyclic) bond motifs is 1. The standard InChI is InChI=1S/C21H21N5O/c1-21(2,3)12-18(27)25-20-24-17-10-9-16(14-6-5-11-22-13-14)23-19(17)26(20)15-7-4-8-15/h4-11,13H,12H2,1-3H3,(H,24,25,27). The number of nitrogens with zero attached hydrogens (tertiary/aromatic N) is 4. The summed E-state index contributed by atoms with van der Waals surface area (Å²) in [5.41, 5.74) is 4.03. The summed E-state index contributed by atoms with van der Waals surface area (Å²) in [6.45, 7) is 6.11. The predicted molar refractivity (Wildman–Crippen MR) is 107 cm³/mol. The van der Waals surface area contributed by atoms with Gasteiger partial charge in [0.1, 0.15) is 5.52 Å². The van der Waals surface area contributed by atoms with Gasteiger partial charge in [0.2, 0.25) is 11.9 Å². The number of aromatic nitrogens is 4. The Morgan fingerprint density at radius 2 is 2.00 bits per heavy atom. The number of anilines is 1. The number of amides is 1. The van der Waals surface area contributed by atoms with Crippen LogP contribution >= 0.6 is 0 Å². The van der Waals surface area contributed by atoms with Gasteiger partial charge < -0.3 is 0 Å². The number of imidazole rings is 1. The van der Waals surface area contributed by atoms with Crippen LogP contribution in [0.2, 0.25) is 0 Å². The Morgan fingerprint density at radius 1 is 1.19 bits per heavy atom. The van der Waals surface area contributed by atoms with E-state index in [1.807, 2.05) is 67.8 Å². The number of hydrogen-bond donors (Lipinski definition) is 1. The molecule has 6 heteroatoms. The molecule has 1 aliphatic carbocycles. The molecule has 3 aromatic heterocycles. The Labute approximate surface area is 157 Å². The fourth-order valence-corrected chi connectivity index (χ4v) is 2.94. The lowest BCUT2D eigenvalue weighted by atomic mass is 9.92. The zero-order chi connectivity index (χ0) is 19.0. The highest BCUT2D eigenvalue weighted by molar-refractivity contribution is 5.94. The highest BCUT2D eigenvalue weighted by Crippen LogP contribution is 2.29. The number of nitrogens with one attached hydrogen (secondary N) is 1. The van der Waals surface area contributed by atoms with Crippen LogP contribution in [0.3, 0.4) is 0 Å². The van der Waals surface area contributed by atoms with Crippen molar-refractivity contribution in [2.75, 3.05) is 5.32 Å². The molecular weight excluding hydrogens is 338 g/mol. The molecule has 136 valence electrons. The summed E-state index contributed by atoms with van der Waals surface area (Å²) in [5, 5.41) is 2.95. The molecule has 1 N–H and O–H groups in total. The van der Waals surface area contributed by atoms with E-state index in [4.69, 9.17) is 4.98 Å². The maximum Gasteiger partial charge on any atom is 0.227 e. The molecule has 3 aromatic rings. The average molecular weight is 359 g/mol. The van der Waals surface area contributed by atoms with Gasteiger partial charge in [-0.15, -0.1) is 0 Å². The maximum absolute atomic E-state index is 12.4. The summed E-state index contributed by atoms with van der Waals surface area (Å²) in [6.07, 6.45) is 9.83. The van der Waals surface area contributed by atoms with E-state index in [9.17, 15) is 4.79 Å². The van der Waals surface area contributed by atoms with E-state index in [1.165, 1.54) is 0 Å². The number of pyridine rings is 2. The van der Waals surface area contributed by atoms with Crippen LogP contribution < -0.4 is 5.32 Å². The lowest BCUT2D eigenvalue weighted by Crippen LogP contribution is -2.21. The average Bonchev–Trinajstić information content (AvgIpc) is 2.89. The fourth-order valence-electron chi connectivity index (χ4n) is 2.94. The normalized spacial score (nSPS) is 13.4. The van der Waals surface area contributed by atoms with E-state index >= 15 is 0 Å². The first-order valence-electron chi connectivity index (χ1n) is 8.89. The molecule has 0 aromatic carbocycles. The first kappa shape index (κ1) is 17.1. The molecule has 4 rings (SSSR count). The summed E-state index contributed by atoms with van der Waals surface area (Å²) < 4.78 is 1.88. The van der Waals surface area contributed by atoms with E-state index < -0.39 is 0 Å². The van der Waals surface area contributed by atoms with Crippen molar-refractivity contribution in [2.24, 2.45) is 5.41 Å². The molecule has 1 aliphatic rings. The molecule has 0 saturated heterocycles. The van der Waals surface area contributed by atoms with Crippen molar-refractivity contribution in [2.45, 2.75) is 27.2 Å². The second-order valence-corrected chi connectivity index (χ2v) is 7.79. The van der Waals surface area contributed by atoms with Gasteiger partial charge in [0.15, 0.2) is 5.65 Å². The number of allylic oxidation sites excluding steroid dienone is 4. The molecule has 3 heterocycles. The van der Waals surface area contributed by atoms with Gasteiger partial charge in [-0.3, -0.25) is 19.7 Å². The Bertz CT molecular complexity index is 1070. The van der Waals surface area contributed by atoms with Gasteiger partial charge in [-0.05, 0) is 41.8 Å². The number of carbonyl (C=O) groups is 1. The van der Waals surface area contributed by atoms with E-state index in [-0.39, 0.29) is 11.3 Å². The van der Waals surface area contributed by atoms with Gasteiger partial charge in [0, 0.05) is 24.4 Å². The van der Waals surface area contributed by atoms with Gasteiger partial charge in [0.05, 0.1) is 11.4 Å². The summed E-state index contributed by atoms with van der Waals surface area (Å²) in [6, 6.07) is 7.69. The molecule has 0 unspecified atom stereocenters. The van der Waals surface area contributed by atoms with E-state index in [1.54, 1.807) is 12.4 Å². The van der Waals surface area contributed by atoms with Gasteiger partial charge >= 0.3 is 0 Å². The number of carbonyl (C=O) groups excluding carboxylic acids is 1. The van der Waals surface area contributed by atoms with E-state index in [0.29, 0.717) is 18.0 Å². The highest BCUT2D eigenvalue weighted by atomic mass is 16.1. The third-order valence-electron chi connectivity index (χ3n) is 4.20. The van der Waals surface area contributed by atoms with Crippen LogP contribution in [0.4, 0.5) is 5.95 Å². The predicted octanol–water partition coefficient (Wildman–Crippen LogP) is 4.28. The first-order chi connectivity index (χ1) is 12.9. The van der Waals surface area contributed by atoms with Crippen LogP contribution in [0.1, 0.15) is 27.2 Å². The molecule has 6 nitrogen and oxygen atoms in total. The van der Waals surface area contributed by atoms with E-state index in [0.717, 1.165) is 22.5 Å². The van der Waals surface area contributed by atoms with E-state index in [2.05, 4.69) is 15.3 Å². The Kier molecular flexibility index (Phi) is 4.11. The largest absolute Gasteiger partial charge is 0.296 e. The Balaban J connectivity index is 1.77. The van der Waals surface area contributed by atoms with Crippen LogP contribution in [0.15, 0.2) is 54.9 Å². The zero-order valence-corrected chi connectivity index (χ0v) is 15.6. The second kappa shape index (κ2) is 6.46. The zero-order valence-electron chi connectivity index (χ0n) is 15.6. The third-order valence-corrected chi connectivity index (χ3v) is 4.20. The molecular formula is C21H21N5O. The van der Waals surface area contributed by atoms with Gasteiger partial charge in [-0.25, -0.2) is 9.97 Å². The molecule has 1 amide bonds. The minimum atomic E-state index is -0.0949.